The molecule has 0 saturated carbocycles. The van der Waals surface area contributed by atoms with Crippen LogP contribution in [0.1, 0.15) is 17.0 Å². The van der Waals surface area contributed by atoms with Crippen molar-refractivity contribution in [3.05, 3.63) is 41.2 Å². The van der Waals surface area contributed by atoms with Gasteiger partial charge in [-0.15, -0.1) is 10.2 Å². The van der Waals surface area contributed by atoms with Crippen molar-refractivity contribution in [3.63, 3.8) is 0 Å². The number of hydrogen-bond acceptors (Lipinski definition) is 3. The molecule has 0 aliphatic heterocycles. The highest BCUT2D eigenvalue weighted by molar-refractivity contribution is 5.31. The summed E-state index contributed by atoms with van der Waals surface area (Å²) in [7, 11) is 3.82. The van der Waals surface area contributed by atoms with Crippen molar-refractivity contribution >= 4 is 5.95 Å². The topological polar surface area (TPSA) is 42.7 Å². The fourth-order valence-corrected chi connectivity index (χ4v) is 1.71. The predicted molar refractivity (Wildman–Crippen MR) is 64.5 cm³/mol. The van der Waals surface area contributed by atoms with Crippen molar-refractivity contribution in [1.29, 1.82) is 0 Å². The molecule has 0 amide bonds. The second-order valence-corrected chi connectivity index (χ2v) is 3.85. The zero-order chi connectivity index (χ0) is 11.5. The van der Waals surface area contributed by atoms with Gasteiger partial charge in [0.1, 0.15) is 5.82 Å². The summed E-state index contributed by atoms with van der Waals surface area (Å²) in [6, 6.07) is 8.35. The zero-order valence-corrected chi connectivity index (χ0v) is 9.86. The molecule has 2 rings (SSSR count). The van der Waals surface area contributed by atoms with Gasteiger partial charge >= 0.3 is 0 Å². The van der Waals surface area contributed by atoms with Gasteiger partial charge in [-0.1, -0.05) is 24.3 Å². The molecule has 0 aliphatic carbocycles. The smallest absolute Gasteiger partial charge is 0.224 e. The molecule has 1 heterocycles. The standard InChI is InChI=1S/C12H16N4/c1-9-6-4-5-7-10(9)8-11-14-15-12(13-2)16(11)3/h4-7H,8H2,1-3H3,(H,13,15). The summed E-state index contributed by atoms with van der Waals surface area (Å²) in [5.41, 5.74) is 2.58. The summed E-state index contributed by atoms with van der Waals surface area (Å²) in [4.78, 5) is 0. The van der Waals surface area contributed by atoms with Crippen LogP contribution in [0.4, 0.5) is 5.95 Å². The minimum Gasteiger partial charge on any atom is -0.357 e. The molecule has 0 fully saturated rings. The second-order valence-electron chi connectivity index (χ2n) is 3.85. The lowest BCUT2D eigenvalue weighted by molar-refractivity contribution is 0.823. The molecular formula is C12H16N4. The first-order valence-corrected chi connectivity index (χ1v) is 5.33. The Labute approximate surface area is 95.3 Å². The van der Waals surface area contributed by atoms with Gasteiger partial charge in [-0.3, -0.25) is 0 Å². The first-order valence-electron chi connectivity index (χ1n) is 5.33. The van der Waals surface area contributed by atoms with Gasteiger partial charge in [0.2, 0.25) is 5.95 Å². The number of hydrogen-bond donors (Lipinski definition) is 1. The van der Waals surface area contributed by atoms with Crippen molar-refractivity contribution in [2.24, 2.45) is 7.05 Å². The third-order valence-electron chi connectivity index (χ3n) is 2.80. The maximum atomic E-state index is 4.17. The largest absolute Gasteiger partial charge is 0.357 e. The Morgan fingerprint density at radius 2 is 2.00 bits per heavy atom. The van der Waals surface area contributed by atoms with Gasteiger partial charge in [0.25, 0.3) is 0 Å². The van der Waals surface area contributed by atoms with Crippen LogP contribution in [0.25, 0.3) is 0 Å². The average Bonchev–Trinajstić information content (AvgIpc) is 2.63. The third-order valence-corrected chi connectivity index (χ3v) is 2.80. The van der Waals surface area contributed by atoms with Crippen LogP contribution >= 0.6 is 0 Å². The van der Waals surface area contributed by atoms with E-state index in [1.54, 1.807) is 0 Å². The van der Waals surface area contributed by atoms with Crippen LogP contribution in [-0.2, 0) is 13.5 Å². The molecule has 84 valence electrons. The van der Waals surface area contributed by atoms with Gasteiger partial charge in [0.05, 0.1) is 0 Å². The number of anilines is 1. The highest BCUT2D eigenvalue weighted by atomic mass is 15.3. The van der Waals surface area contributed by atoms with Crippen molar-refractivity contribution in [2.75, 3.05) is 12.4 Å². The summed E-state index contributed by atoms with van der Waals surface area (Å²) in [5.74, 6) is 1.77. The second kappa shape index (κ2) is 4.35. The molecule has 4 heteroatoms. The fourth-order valence-electron chi connectivity index (χ4n) is 1.71. The molecule has 0 atom stereocenters. The summed E-state index contributed by atoms with van der Waals surface area (Å²) < 4.78 is 1.98. The maximum Gasteiger partial charge on any atom is 0.224 e. The van der Waals surface area contributed by atoms with Gasteiger partial charge in [-0.05, 0) is 18.1 Å². The predicted octanol–water partition coefficient (Wildman–Crippen LogP) is 1.76. The number of aromatic nitrogens is 3. The molecule has 4 nitrogen and oxygen atoms in total. The van der Waals surface area contributed by atoms with Gasteiger partial charge in [0.15, 0.2) is 0 Å². The molecule has 0 bridgehead atoms. The Bertz CT molecular complexity index is 488. The first-order chi connectivity index (χ1) is 7.72. The number of nitrogens with one attached hydrogen (secondary N) is 1. The Hall–Kier alpha value is -1.84. The van der Waals surface area contributed by atoms with E-state index >= 15 is 0 Å². The lowest BCUT2D eigenvalue weighted by atomic mass is 10.1. The summed E-state index contributed by atoms with van der Waals surface area (Å²) in [6.07, 6.45) is 0.817. The molecule has 0 aliphatic rings. The Morgan fingerprint density at radius 3 is 2.62 bits per heavy atom. The van der Waals surface area contributed by atoms with Gasteiger partial charge < -0.3 is 9.88 Å². The fraction of sp³-hybridized carbons (Fsp3) is 0.333. The van der Waals surface area contributed by atoms with E-state index in [2.05, 4.69) is 46.7 Å². The van der Waals surface area contributed by atoms with E-state index in [9.17, 15) is 0 Å². The van der Waals surface area contributed by atoms with Crippen LogP contribution in [0.3, 0.4) is 0 Å². The molecule has 1 aromatic heterocycles. The summed E-state index contributed by atoms with van der Waals surface area (Å²) >= 11 is 0. The molecule has 0 saturated heterocycles. The molecule has 1 N–H and O–H groups in total. The maximum absolute atomic E-state index is 4.17. The van der Waals surface area contributed by atoms with Crippen molar-refractivity contribution in [2.45, 2.75) is 13.3 Å². The van der Waals surface area contributed by atoms with Crippen molar-refractivity contribution < 1.29 is 0 Å². The van der Waals surface area contributed by atoms with Crippen molar-refractivity contribution in [3.8, 4) is 0 Å². The number of aryl methyl sites for hydroxylation is 1. The number of rotatable bonds is 3. The van der Waals surface area contributed by atoms with E-state index in [0.717, 1.165) is 18.2 Å². The minimum atomic E-state index is 0.795. The summed E-state index contributed by atoms with van der Waals surface area (Å²) in [5, 5.41) is 11.2. The zero-order valence-electron chi connectivity index (χ0n) is 9.86. The van der Waals surface area contributed by atoms with E-state index in [0.29, 0.717) is 0 Å². The van der Waals surface area contributed by atoms with Gasteiger partial charge in [-0.2, -0.15) is 0 Å². The number of nitrogens with zero attached hydrogens (tertiary/aromatic N) is 3. The SMILES string of the molecule is CNc1nnc(Cc2ccccc2C)n1C. The van der Waals surface area contributed by atoms with Crippen LogP contribution in [0.2, 0.25) is 0 Å². The quantitative estimate of drug-likeness (QED) is 0.850. The van der Waals surface area contributed by atoms with Gasteiger partial charge in [-0.25, -0.2) is 0 Å². The van der Waals surface area contributed by atoms with Gasteiger partial charge in [0, 0.05) is 20.5 Å². The monoisotopic (exact) mass is 216 g/mol. The van der Waals surface area contributed by atoms with E-state index in [4.69, 9.17) is 0 Å². The lowest BCUT2D eigenvalue weighted by Crippen LogP contribution is -2.03. The normalized spacial score (nSPS) is 10.4. The van der Waals surface area contributed by atoms with Crippen LogP contribution in [0, 0.1) is 6.92 Å². The Morgan fingerprint density at radius 1 is 1.25 bits per heavy atom. The van der Waals surface area contributed by atoms with Crippen molar-refractivity contribution in [1.82, 2.24) is 14.8 Å². The van der Waals surface area contributed by atoms with E-state index < -0.39 is 0 Å². The minimum absolute atomic E-state index is 0.795. The molecule has 0 radical (unpaired) electrons. The van der Waals surface area contributed by atoms with E-state index in [1.807, 2.05) is 18.7 Å². The molecular weight excluding hydrogens is 200 g/mol. The summed E-state index contributed by atoms with van der Waals surface area (Å²) in [6.45, 7) is 2.12. The highest BCUT2D eigenvalue weighted by Gasteiger charge is 2.08. The molecule has 0 unspecified atom stereocenters. The Kier molecular flexibility index (Phi) is 2.90. The number of benzene rings is 1. The molecule has 16 heavy (non-hydrogen) atoms. The van der Waals surface area contributed by atoms with E-state index in [-0.39, 0.29) is 0 Å². The van der Waals surface area contributed by atoms with Crippen LogP contribution in [0.15, 0.2) is 24.3 Å². The van der Waals surface area contributed by atoms with Crippen LogP contribution in [-0.4, -0.2) is 21.8 Å². The Balaban J connectivity index is 2.27. The van der Waals surface area contributed by atoms with Crippen LogP contribution < -0.4 is 5.32 Å². The highest BCUT2D eigenvalue weighted by Crippen LogP contribution is 2.13. The molecule has 2 aromatic rings. The molecule has 1 aromatic carbocycles. The lowest BCUT2D eigenvalue weighted by Gasteiger charge is -2.05. The third kappa shape index (κ3) is 1.91. The van der Waals surface area contributed by atoms with Crippen LogP contribution in [0.5, 0.6) is 0 Å². The molecule has 0 spiro atoms. The van der Waals surface area contributed by atoms with E-state index in [1.165, 1.54) is 11.1 Å². The first kappa shape index (κ1) is 10.7. The average molecular weight is 216 g/mol.